The van der Waals surface area contributed by atoms with E-state index in [1.165, 1.54) is 11.1 Å². The quantitative estimate of drug-likeness (QED) is 0.695. The molecule has 5 nitrogen and oxygen atoms in total. The number of nitro groups is 1. The van der Waals surface area contributed by atoms with E-state index in [9.17, 15) is 10.1 Å². The van der Waals surface area contributed by atoms with Crippen LogP contribution in [0.1, 0.15) is 22.7 Å². The van der Waals surface area contributed by atoms with E-state index in [4.69, 9.17) is 5.73 Å². The molecule has 0 saturated heterocycles. The maximum absolute atomic E-state index is 10.8. The summed E-state index contributed by atoms with van der Waals surface area (Å²) in [7, 11) is 0. The normalized spacial score (nSPS) is 16.0. The van der Waals surface area contributed by atoms with Crippen LogP contribution in [0.5, 0.6) is 0 Å². The molecule has 1 aliphatic rings. The number of rotatable bonds is 4. The number of nitrogens with zero attached hydrogens (tertiary/aromatic N) is 2. The van der Waals surface area contributed by atoms with Crippen molar-refractivity contribution in [2.45, 2.75) is 19.0 Å². The third-order valence-corrected chi connectivity index (χ3v) is 4.31. The van der Waals surface area contributed by atoms with Crippen LogP contribution in [0.2, 0.25) is 0 Å². The van der Waals surface area contributed by atoms with E-state index in [1.54, 1.807) is 12.1 Å². The van der Waals surface area contributed by atoms with Crippen molar-refractivity contribution >= 4 is 5.69 Å². The molecule has 1 atom stereocenters. The first-order valence-electron chi connectivity index (χ1n) is 7.44. The third kappa shape index (κ3) is 2.86. The van der Waals surface area contributed by atoms with Crippen LogP contribution in [-0.2, 0) is 13.0 Å². The lowest BCUT2D eigenvalue weighted by molar-refractivity contribution is -0.384. The van der Waals surface area contributed by atoms with E-state index in [0.717, 1.165) is 25.1 Å². The van der Waals surface area contributed by atoms with Gasteiger partial charge in [-0.15, -0.1) is 0 Å². The van der Waals surface area contributed by atoms with E-state index >= 15 is 0 Å². The molecule has 1 unspecified atom stereocenters. The minimum absolute atomic E-state index is 0.0918. The van der Waals surface area contributed by atoms with Crippen LogP contribution >= 0.6 is 0 Å². The molecule has 1 aliphatic heterocycles. The summed E-state index contributed by atoms with van der Waals surface area (Å²) in [5, 5.41) is 10.8. The summed E-state index contributed by atoms with van der Waals surface area (Å²) >= 11 is 0. The zero-order valence-corrected chi connectivity index (χ0v) is 12.3. The summed E-state index contributed by atoms with van der Waals surface area (Å²) in [6.07, 6.45) is 1.01. The lowest BCUT2D eigenvalue weighted by atomic mass is 9.96. The van der Waals surface area contributed by atoms with Gasteiger partial charge in [0.2, 0.25) is 0 Å². The molecule has 3 rings (SSSR count). The number of nitro benzene ring substituents is 1. The first-order chi connectivity index (χ1) is 10.7. The summed E-state index contributed by atoms with van der Waals surface area (Å²) < 4.78 is 0. The van der Waals surface area contributed by atoms with Gasteiger partial charge >= 0.3 is 0 Å². The van der Waals surface area contributed by atoms with Crippen LogP contribution in [0.4, 0.5) is 5.69 Å². The van der Waals surface area contributed by atoms with Crippen LogP contribution in [0.3, 0.4) is 0 Å². The van der Waals surface area contributed by atoms with Crippen LogP contribution in [0.15, 0.2) is 48.5 Å². The Morgan fingerprint density at radius 3 is 2.45 bits per heavy atom. The number of non-ortho nitro benzene ring substituents is 1. The molecule has 22 heavy (non-hydrogen) atoms. The van der Waals surface area contributed by atoms with Gasteiger partial charge in [0, 0.05) is 37.8 Å². The molecule has 0 aliphatic carbocycles. The van der Waals surface area contributed by atoms with Gasteiger partial charge in [-0.05, 0) is 23.1 Å². The molecular formula is C17H19N3O2. The lowest BCUT2D eigenvalue weighted by Crippen LogP contribution is -2.37. The fourth-order valence-electron chi connectivity index (χ4n) is 3.10. The molecule has 1 heterocycles. The van der Waals surface area contributed by atoms with Crippen molar-refractivity contribution < 1.29 is 4.92 Å². The molecule has 0 amide bonds. The molecule has 0 aromatic heterocycles. The van der Waals surface area contributed by atoms with Gasteiger partial charge in [-0.2, -0.15) is 0 Å². The van der Waals surface area contributed by atoms with Crippen LogP contribution in [-0.4, -0.2) is 22.9 Å². The average molecular weight is 297 g/mol. The molecule has 2 aromatic rings. The summed E-state index contributed by atoms with van der Waals surface area (Å²) in [6.45, 7) is 2.32. The molecule has 0 saturated carbocycles. The maximum Gasteiger partial charge on any atom is 0.269 e. The molecule has 0 radical (unpaired) electrons. The monoisotopic (exact) mass is 297 g/mol. The molecule has 2 N–H and O–H groups in total. The molecule has 0 spiro atoms. The molecule has 114 valence electrons. The number of hydrogen-bond acceptors (Lipinski definition) is 4. The topological polar surface area (TPSA) is 72.4 Å². The molecule has 0 fully saturated rings. The highest BCUT2D eigenvalue weighted by atomic mass is 16.6. The molecular weight excluding hydrogens is 278 g/mol. The Morgan fingerprint density at radius 1 is 1.14 bits per heavy atom. The zero-order chi connectivity index (χ0) is 15.5. The van der Waals surface area contributed by atoms with Crippen molar-refractivity contribution in [3.05, 3.63) is 75.3 Å². The van der Waals surface area contributed by atoms with E-state index < -0.39 is 0 Å². The Balaban J connectivity index is 1.81. The van der Waals surface area contributed by atoms with Gasteiger partial charge in [-0.25, -0.2) is 0 Å². The van der Waals surface area contributed by atoms with Crippen molar-refractivity contribution in [2.75, 3.05) is 13.1 Å². The summed E-state index contributed by atoms with van der Waals surface area (Å²) in [5.41, 5.74) is 9.87. The minimum Gasteiger partial charge on any atom is -0.329 e. The summed E-state index contributed by atoms with van der Waals surface area (Å²) in [6, 6.07) is 15.3. The van der Waals surface area contributed by atoms with Gasteiger partial charge in [-0.3, -0.25) is 15.0 Å². The van der Waals surface area contributed by atoms with Crippen LogP contribution in [0, 0.1) is 10.1 Å². The zero-order valence-electron chi connectivity index (χ0n) is 12.3. The second-order valence-corrected chi connectivity index (χ2v) is 5.59. The standard InChI is InChI=1S/C17H19N3O2/c18-11-17(14-5-7-16(8-6-14)20(21)22)19-10-9-13-3-1-2-4-15(13)12-19/h1-8,17H,9-12,18H2. The summed E-state index contributed by atoms with van der Waals surface area (Å²) in [4.78, 5) is 12.7. The number of fused-ring (bicyclic) bond motifs is 1. The number of nitrogens with two attached hydrogens (primary N) is 1. The van der Waals surface area contributed by atoms with E-state index in [2.05, 4.69) is 29.2 Å². The Morgan fingerprint density at radius 2 is 1.82 bits per heavy atom. The predicted octanol–water partition coefficient (Wildman–Crippen LogP) is 2.65. The highest BCUT2D eigenvalue weighted by molar-refractivity contribution is 5.35. The highest BCUT2D eigenvalue weighted by Crippen LogP contribution is 2.28. The second kappa shape index (κ2) is 6.25. The number of benzene rings is 2. The van der Waals surface area contributed by atoms with Crippen LogP contribution in [0.25, 0.3) is 0 Å². The first kappa shape index (κ1) is 14.7. The van der Waals surface area contributed by atoms with E-state index in [0.29, 0.717) is 6.54 Å². The van der Waals surface area contributed by atoms with Gasteiger partial charge < -0.3 is 5.73 Å². The van der Waals surface area contributed by atoms with Crippen molar-refractivity contribution in [1.29, 1.82) is 0 Å². The Hall–Kier alpha value is -2.24. The van der Waals surface area contributed by atoms with E-state index in [-0.39, 0.29) is 16.7 Å². The Kier molecular flexibility index (Phi) is 4.18. The van der Waals surface area contributed by atoms with Crippen molar-refractivity contribution in [2.24, 2.45) is 5.73 Å². The molecule has 5 heteroatoms. The van der Waals surface area contributed by atoms with Gasteiger partial charge in [0.25, 0.3) is 5.69 Å². The minimum atomic E-state index is -0.377. The third-order valence-electron chi connectivity index (χ3n) is 4.31. The van der Waals surface area contributed by atoms with Crippen molar-refractivity contribution in [1.82, 2.24) is 4.90 Å². The smallest absolute Gasteiger partial charge is 0.269 e. The van der Waals surface area contributed by atoms with Gasteiger partial charge in [-0.1, -0.05) is 36.4 Å². The van der Waals surface area contributed by atoms with Crippen molar-refractivity contribution in [3.63, 3.8) is 0 Å². The van der Waals surface area contributed by atoms with Gasteiger partial charge in [0.05, 0.1) is 4.92 Å². The Bertz CT molecular complexity index is 670. The Labute approximate surface area is 129 Å². The fraction of sp³-hybridized carbons (Fsp3) is 0.294. The first-order valence-corrected chi connectivity index (χ1v) is 7.44. The second-order valence-electron chi connectivity index (χ2n) is 5.59. The summed E-state index contributed by atoms with van der Waals surface area (Å²) in [5.74, 6) is 0. The SMILES string of the molecule is NCC(c1ccc([N+](=O)[O-])cc1)N1CCc2ccccc2C1. The molecule has 2 aromatic carbocycles. The number of hydrogen-bond donors (Lipinski definition) is 1. The van der Waals surface area contributed by atoms with Gasteiger partial charge in [0.15, 0.2) is 0 Å². The van der Waals surface area contributed by atoms with E-state index in [1.807, 2.05) is 12.1 Å². The predicted molar refractivity (Wildman–Crippen MR) is 85.4 cm³/mol. The fourth-order valence-corrected chi connectivity index (χ4v) is 3.10. The lowest BCUT2D eigenvalue weighted by Gasteiger charge is -2.35. The molecule has 0 bridgehead atoms. The van der Waals surface area contributed by atoms with Gasteiger partial charge in [0.1, 0.15) is 0 Å². The highest BCUT2D eigenvalue weighted by Gasteiger charge is 2.24. The maximum atomic E-state index is 10.8. The largest absolute Gasteiger partial charge is 0.329 e. The van der Waals surface area contributed by atoms with Crippen molar-refractivity contribution in [3.8, 4) is 0 Å². The average Bonchev–Trinajstić information content (AvgIpc) is 2.56. The van der Waals surface area contributed by atoms with Crippen LogP contribution < -0.4 is 5.73 Å².